The number of tetrazole rings is 1. The number of hydrogen-bond acceptors (Lipinski definition) is 6. The van der Waals surface area contributed by atoms with Gasteiger partial charge in [0.05, 0.1) is 0 Å². The molecule has 5 nitrogen and oxygen atoms in total. The number of halogens is 1. The van der Waals surface area contributed by atoms with Gasteiger partial charge >= 0.3 is 0 Å². The highest BCUT2D eigenvalue weighted by molar-refractivity contribution is 9.10. The van der Waals surface area contributed by atoms with Crippen LogP contribution in [0.5, 0.6) is 0 Å². The Bertz CT molecular complexity index is 469. The van der Waals surface area contributed by atoms with Crippen LogP contribution in [0.2, 0.25) is 0 Å². The predicted octanol–water partition coefficient (Wildman–Crippen LogP) is 1.92. The SMILES string of the molecule is Cn1nnnc1SCCNCc1cc(Br)cs1. The lowest BCUT2D eigenvalue weighted by Gasteiger charge is -2.01. The molecule has 2 aromatic heterocycles. The molecule has 92 valence electrons. The minimum atomic E-state index is 0.852. The Morgan fingerprint density at radius 3 is 3.12 bits per heavy atom. The first-order valence-electron chi connectivity index (χ1n) is 5.04. The normalized spacial score (nSPS) is 10.9. The summed E-state index contributed by atoms with van der Waals surface area (Å²) in [6.07, 6.45) is 0. The van der Waals surface area contributed by atoms with Gasteiger partial charge in [0.2, 0.25) is 5.16 Å². The Kier molecular flexibility index (Phi) is 4.96. The highest BCUT2D eigenvalue weighted by Crippen LogP contribution is 2.19. The van der Waals surface area contributed by atoms with E-state index in [4.69, 9.17) is 0 Å². The zero-order valence-electron chi connectivity index (χ0n) is 9.26. The molecule has 2 heterocycles. The molecule has 17 heavy (non-hydrogen) atoms. The van der Waals surface area contributed by atoms with E-state index < -0.39 is 0 Å². The van der Waals surface area contributed by atoms with Crippen molar-refractivity contribution in [2.45, 2.75) is 11.7 Å². The third-order valence-corrected chi connectivity index (χ3v) is 4.72. The number of aryl methyl sites for hydroxylation is 1. The topological polar surface area (TPSA) is 55.6 Å². The van der Waals surface area contributed by atoms with Crippen molar-refractivity contribution in [1.82, 2.24) is 25.5 Å². The second kappa shape index (κ2) is 6.48. The fourth-order valence-electron chi connectivity index (χ4n) is 1.22. The maximum absolute atomic E-state index is 3.91. The molecule has 0 bridgehead atoms. The highest BCUT2D eigenvalue weighted by atomic mass is 79.9. The second-order valence-corrected chi connectivity index (χ2v) is 6.32. The summed E-state index contributed by atoms with van der Waals surface area (Å²) < 4.78 is 2.83. The van der Waals surface area contributed by atoms with Crippen LogP contribution in [0, 0.1) is 0 Å². The smallest absolute Gasteiger partial charge is 0.209 e. The number of aromatic nitrogens is 4. The van der Waals surface area contributed by atoms with Crippen molar-refractivity contribution in [3.8, 4) is 0 Å². The Morgan fingerprint density at radius 1 is 1.59 bits per heavy atom. The Balaban J connectivity index is 1.62. The summed E-state index contributed by atoms with van der Waals surface area (Å²) in [5.41, 5.74) is 0. The molecule has 2 aromatic rings. The van der Waals surface area contributed by atoms with Crippen LogP contribution in [0.15, 0.2) is 21.1 Å². The molecule has 0 saturated carbocycles. The number of nitrogens with one attached hydrogen (secondary N) is 1. The maximum atomic E-state index is 3.91. The number of thioether (sulfide) groups is 1. The fourth-order valence-corrected chi connectivity index (χ4v) is 3.38. The lowest BCUT2D eigenvalue weighted by molar-refractivity contribution is 0.663. The summed E-state index contributed by atoms with van der Waals surface area (Å²) in [5.74, 6) is 0.959. The number of hydrogen-bond donors (Lipinski definition) is 1. The molecule has 0 aliphatic carbocycles. The lowest BCUT2D eigenvalue weighted by atomic mass is 10.4. The van der Waals surface area contributed by atoms with Crippen molar-refractivity contribution in [2.24, 2.45) is 7.05 Å². The molecule has 0 fully saturated rings. The third kappa shape index (κ3) is 4.06. The first kappa shape index (κ1) is 13.0. The van der Waals surface area contributed by atoms with E-state index in [-0.39, 0.29) is 0 Å². The number of rotatable bonds is 6. The Labute approximate surface area is 116 Å². The molecule has 0 unspecified atom stereocenters. The van der Waals surface area contributed by atoms with Crippen molar-refractivity contribution < 1.29 is 0 Å². The number of thiophene rings is 1. The summed E-state index contributed by atoms with van der Waals surface area (Å²) in [6.45, 7) is 1.85. The monoisotopic (exact) mass is 333 g/mol. The molecule has 0 aromatic carbocycles. The molecule has 0 atom stereocenters. The van der Waals surface area contributed by atoms with Gasteiger partial charge in [-0.25, -0.2) is 4.68 Å². The van der Waals surface area contributed by atoms with E-state index >= 15 is 0 Å². The van der Waals surface area contributed by atoms with Crippen molar-refractivity contribution in [3.63, 3.8) is 0 Å². The van der Waals surface area contributed by atoms with E-state index in [1.54, 1.807) is 27.8 Å². The maximum Gasteiger partial charge on any atom is 0.209 e. The van der Waals surface area contributed by atoms with E-state index in [0.717, 1.165) is 28.5 Å². The Morgan fingerprint density at radius 2 is 2.47 bits per heavy atom. The zero-order chi connectivity index (χ0) is 12.1. The van der Waals surface area contributed by atoms with Gasteiger partial charge in [0, 0.05) is 40.6 Å². The summed E-state index contributed by atoms with van der Waals surface area (Å²) in [6, 6.07) is 2.14. The summed E-state index contributed by atoms with van der Waals surface area (Å²) in [4.78, 5) is 1.34. The van der Waals surface area contributed by atoms with Crippen LogP contribution in [0.25, 0.3) is 0 Å². The molecular weight excluding hydrogens is 322 g/mol. The molecule has 8 heteroatoms. The van der Waals surface area contributed by atoms with Crippen LogP contribution in [0.4, 0.5) is 0 Å². The molecule has 0 aliphatic rings. The summed E-state index contributed by atoms with van der Waals surface area (Å²) in [7, 11) is 1.85. The largest absolute Gasteiger partial charge is 0.311 e. The van der Waals surface area contributed by atoms with Crippen LogP contribution < -0.4 is 5.32 Å². The van der Waals surface area contributed by atoms with E-state index in [0.29, 0.717) is 0 Å². The standard InChI is InChI=1S/C9H12BrN5S2/c1-15-9(12-13-14-15)16-3-2-11-5-8-4-7(10)6-17-8/h4,6,11H,2-3,5H2,1H3. The molecule has 0 amide bonds. The Hall–Kier alpha value is -0.440. The van der Waals surface area contributed by atoms with Gasteiger partial charge in [-0.05, 0) is 32.4 Å². The second-order valence-electron chi connectivity index (χ2n) is 3.34. The van der Waals surface area contributed by atoms with Gasteiger partial charge in [0.25, 0.3) is 0 Å². The first-order valence-corrected chi connectivity index (χ1v) is 7.70. The van der Waals surface area contributed by atoms with Crippen molar-refractivity contribution in [1.29, 1.82) is 0 Å². The van der Waals surface area contributed by atoms with E-state index in [1.165, 1.54) is 4.88 Å². The average Bonchev–Trinajstić information content (AvgIpc) is 2.88. The van der Waals surface area contributed by atoms with Gasteiger partial charge in [-0.2, -0.15) is 0 Å². The van der Waals surface area contributed by atoms with Crippen LogP contribution in [-0.4, -0.2) is 32.5 Å². The van der Waals surface area contributed by atoms with Gasteiger partial charge in [-0.15, -0.1) is 16.4 Å². The minimum absolute atomic E-state index is 0.852. The van der Waals surface area contributed by atoms with Gasteiger partial charge in [0.1, 0.15) is 0 Å². The first-order chi connectivity index (χ1) is 8.25. The molecule has 1 N–H and O–H groups in total. The van der Waals surface area contributed by atoms with Gasteiger partial charge in [0.15, 0.2) is 0 Å². The van der Waals surface area contributed by atoms with Crippen molar-refractivity contribution in [3.05, 3.63) is 20.8 Å². The van der Waals surface area contributed by atoms with Crippen LogP contribution >= 0.6 is 39.0 Å². The van der Waals surface area contributed by atoms with E-state index in [2.05, 4.69) is 48.2 Å². The molecule has 0 radical (unpaired) electrons. The summed E-state index contributed by atoms with van der Waals surface area (Å²) in [5, 5.41) is 17.6. The van der Waals surface area contributed by atoms with Crippen molar-refractivity contribution >= 4 is 39.0 Å². The fraction of sp³-hybridized carbons (Fsp3) is 0.444. The zero-order valence-corrected chi connectivity index (χ0v) is 12.5. The highest BCUT2D eigenvalue weighted by Gasteiger charge is 2.02. The molecule has 0 aliphatic heterocycles. The molecule has 2 rings (SSSR count). The van der Waals surface area contributed by atoms with Gasteiger partial charge < -0.3 is 5.32 Å². The third-order valence-electron chi connectivity index (χ3n) is 2.01. The van der Waals surface area contributed by atoms with Crippen LogP contribution in [0.3, 0.4) is 0 Å². The van der Waals surface area contributed by atoms with E-state index in [1.807, 2.05) is 7.05 Å². The van der Waals surface area contributed by atoms with E-state index in [9.17, 15) is 0 Å². The quantitative estimate of drug-likeness (QED) is 0.646. The van der Waals surface area contributed by atoms with Gasteiger partial charge in [-0.1, -0.05) is 11.8 Å². The summed E-state index contributed by atoms with van der Waals surface area (Å²) >= 11 is 6.85. The predicted molar refractivity (Wildman–Crippen MR) is 73.2 cm³/mol. The lowest BCUT2D eigenvalue weighted by Crippen LogP contribution is -2.16. The molecular formula is C9H12BrN5S2. The van der Waals surface area contributed by atoms with Crippen LogP contribution in [0.1, 0.15) is 4.88 Å². The van der Waals surface area contributed by atoms with Crippen LogP contribution in [-0.2, 0) is 13.6 Å². The minimum Gasteiger partial charge on any atom is -0.311 e. The van der Waals surface area contributed by atoms with Crippen molar-refractivity contribution in [2.75, 3.05) is 12.3 Å². The number of nitrogens with zero attached hydrogens (tertiary/aromatic N) is 4. The van der Waals surface area contributed by atoms with Gasteiger partial charge in [-0.3, -0.25) is 0 Å². The molecule has 0 spiro atoms. The average molecular weight is 334 g/mol. The molecule has 0 saturated heterocycles.